The molecule has 0 atom stereocenters. The number of guanidine groups is 1. The van der Waals surface area contributed by atoms with E-state index in [0.29, 0.717) is 31.5 Å². The van der Waals surface area contributed by atoms with Crippen LogP contribution in [-0.4, -0.2) is 43.2 Å². The summed E-state index contributed by atoms with van der Waals surface area (Å²) in [5, 5.41) is 3.09. The van der Waals surface area contributed by atoms with E-state index < -0.39 is 12.7 Å². The van der Waals surface area contributed by atoms with Crippen LogP contribution < -0.4 is 11.1 Å². The number of nitrogens with zero attached hydrogens (tertiary/aromatic N) is 2. The van der Waals surface area contributed by atoms with Crippen molar-refractivity contribution in [3.05, 3.63) is 29.3 Å². The van der Waals surface area contributed by atoms with Crippen molar-refractivity contribution in [3.8, 4) is 0 Å². The minimum absolute atomic E-state index is 0. The van der Waals surface area contributed by atoms with Crippen molar-refractivity contribution in [1.82, 2.24) is 4.90 Å². The molecule has 1 aliphatic rings. The van der Waals surface area contributed by atoms with Crippen LogP contribution in [0.4, 0.5) is 18.9 Å². The number of benzene rings is 1. The fourth-order valence-electron chi connectivity index (χ4n) is 3.29. The van der Waals surface area contributed by atoms with Gasteiger partial charge in [0.05, 0.1) is 6.54 Å². The number of nitrogens with two attached hydrogens (primary N) is 1. The Labute approximate surface area is 170 Å². The quantitative estimate of drug-likeness (QED) is 0.372. The monoisotopic (exact) mass is 484 g/mol. The van der Waals surface area contributed by atoms with Gasteiger partial charge in [-0.25, -0.2) is 0 Å². The van der Waals surface area contributed by atoms with Crippen molar-refractivity contribution in [2.75, 3.05) is 31.5 Å². The minimum Gasteiger partial charge on any atom is -0.370 e. The summed E-state index contributed by atoms with van der Waals surface area (Å²) < 4.78 is 37.1. The van der Waals surface area contributed by atoms with E-state index in [4.69, 9.17) is 5.73 Å². The number of piperidine rings is 1. The van der Waals surface area contributed by atoms with Crippen molar-refractivity contribution >= 4 is 35.6 Å². The zero-order valence-electron chi connectivity index (χ0n) is 15.3. The average molecular weight is 484 g/mol. The van der Waals surface area contributed by atoms with Gasteiger partial charge in [0.25, 0.3) is 0 Å². The second kappa shape index (κ2) is 10.3. The number of hydrogen-bond donors (Lipinski definition) is 2. The van der Waals surface area contributed by atoms with Crippen LogP contribution in [-0.2, 0) is 0 Å². The molecule has 4 nitrogen and oxygen atoms in total. The van der Waals surface area contributed by atoms with Gasteiger partial charge in [0.1, 0.15) is 0 Å². The molecule has 0 spiro atoms. The summed E-state index contributed by atoms with van der Waals surface area (Å²) in [4.78, 5) is 5.82. The number of likely N-dealkylation sites (tertiary alicyclic amines) is 1. The number of aliphatic imine (C=N–C) groups is 1. The summed E-state index contributed by atoms with van der Waals surface area (Å²) in [6.45, 7) is 4.85. The number of rotatable bonds is 5. The summed E-state index contributed by atoms with van der Waals surface area (Å²) in [6, 6.07) is 6.10. The van der Waals surface area contributed by atoms with E-state index in [2.05, 4.69) is 16.4 Å². The molecule has 3 N–H and O–H groups in total. The third-order valence-corrected chi connectivity index (χ3v) is 4.42. The fourth-order valence-corrected chi connectivity index (χ4v) is 3.29. The molecule has 1 aliphatic heterocycles. The van der Waals surface area contributed by atoms with E-state index in [1.807, 2.05) is 26.0 Å². The highest BCUT2D eigenvalue weighted by molar-refractivity contribution is 14.0. The van der Waals surface area contributed by atoms with Crippen LogP contribution >= 0.6 is 24.0 Å². The molecule has 0 radical (unpaired) electrons. The lowest BCUT2D eigenvalue weighted by Gasteiger charge is -2.32. The van der Waals surface area contributed by atoms with Crippen LogP contribution in [0.15, 0.2) is 23.2 Å². The smallest absolute Gasteiger partial charge is 0.370 e. The van der Waals surface area contributed by atoms with Crippen molar-refractivity contribution in [2.45, 2.75) is 39.3 Å². The van der Waals surface area contributed by atoms with Crippen molar-refractivity contribution in [3.63, 3.8) is 0 Å². The number of anilines is 1. The second-order valence-electron chi connectivity index (χ2n) is 6.89. The first kappa shape index (κ1) is 23.0. The molecule has 0 amide bonds. The molecule has 1 saturated heterocycles. The van der Waals surface area contributed by atoms with Gasteiger partial charge in [-0.05, 0) is 75.4 Å². The normalized spacial score (nSPS) is 17.0. The Morgan fingerprint density at radius 3 is 2.31 bits per heavy atom. The van der Waals surface area contributed by atoms with Gasteiger partial charge >= 0.3 is 6.18 Å². The van der Waals surface area contributed by atoms with Gasteiger partial charge in [0.15, 0.2) is 5.96 Å². The van der Waals surface area contributed by atoms with Crippen molar-refractivity contribution in [1.29, 1.82) is 0 Å². The molecule has 8 heteroatoms. The number of alkyl halides is 3. The van der Waals surface area contributed by atoms with E-state index >= 15 is 0 Å². The molecule has 0 aromatic heterocycles. The lowest BCUT2D eigenvalue weighted by molar-refractivity contribution is -0.148. The van der Waals surface area contributed by atoms with Crippen molar-refractivity contribution in [2.24, 2.45) is 16.6 Å². The van der Waals surface area contributed by atoms with Crippen LogP contribution in [0.3, 0.4) is 0 Å². The molecule has 0 unspecified atom stereocenters. The van der Waals surface area contributed by atoms with Crippen LogP contribution in [0.5, 0.6) is 0 Å². The summed E-state index contributed by atoms with van der Waals surface area (Å²) in [5.41, 5.74) is 9.14. The van der Waals surface area contributed by atoms with E-state index in [1.165, 1.54) is 4.90 Å². The maximum absolute atomic E-state index is 12.4. The van der Waals surface area contributed by atoms with Gasteiger partial charge < -0.3 is 11.1 Å². The second-order valence-corrected chi connectivity index (χ2v) is 6.89. The van der Waals surface area contributed by atoms with Gasteiger partial charge in [0, 0.05) is 12.2 Å². The molecule has 1 aromatic rings. The van der Waals surface area contributed by atoms with Crippen LogP contribution in [0.1, 0.15) is 30.4 Å². The Kier molecular flexibility index (Phi) is 9.15. The van der Waals surface area contributed by atoms with E-state index in [-0.39, 0.29) is 24.0 Å². The summed E-state index contributed by atoms with van der Waals surface area (Å²) >= 11 is 0. The molecular weight excluding hydrogens is 456 g/mol. The Bertz CT molecular complexity index is 576. The van der Waals surface area contributed by atoms with Crippen LogP contribution in [0.2, 0.25) is 0 Å². The largest absolute Gasteiger partial charge is 0.401 e. The molecule has 0 bridgehead atoms. The first-order chi connectivity index (χ1) is 11.7. The van der Waals surface area contributed by atoms with E-state index in [9.17, 15) is 13.2 Å². The van der Waals surface area contributed by atoms with Crippen LogP contribution in [0.25, 0.3) is 0 Å². The summed E-state index contributed by atoms with van der Waals surface area (Å²) in [6.07, 6.45) is -1.67. The molecular formula is C18H28F3IN4. The highest BCUT2D eigenvalue weighted by atomic mass is 127. The van der Waals surface area contributed by atoms with Crippen LogP contribution in [0, 0.1) is 19.8 Å². The zero-order valence-corrected chi connectivity index (χ0v) is 17.6. The molecule has 2 rings (SSSR count). The third-order valence-electron chi connectivity index (χ3n) is 4.42. The summed E-state index contributed by atoms with van der Waals surface area (Å²) in [7, 11) is 0. The molecule has 0 saturated carbocycles. The molecule has 1 heterocycles. The highest BCUT2D eigenvalue weighted by Gasteiger charge is 2.32. The highest BCUT2D eigenvalue weighted by Crippen LogP contribution is 2.24. The Morgan fingerprint density at radius 1 is 1.19 bits per heavy atom. The first-order valence-corrected chi connectivity index (χ1v) is 8.65. The standard InChI is InChI=1S/C18H27F3N4.HI/c1-13-9-14(2)11-16(10-13)24-17(22)23-6-3-15-4-7-25(8-5-15)12-18(19,20)21;/h9-11,15H,3-8,12H2,1-2H3,(H3,22,23,24);1H. The topological polar surface area (TPSA) is 53.6 Å². The Hall–Kier alpha value is -1.03. The number of halogens is 4. The van der Waals surface area contributed by atoms with Gasteiger partial charge in [-0.2, -0.15) is 13.2 Å². The predicted octanol–water partition coefficient (Wildman–Crippen LogP) is 4.31. The SMILES string of the molecule is Cc1cc(C)cc(NC(N)=NCCC2CCN(CC(F)(F)F)CC2)c1.I. The lowest BCUT2D eigenvalue weighted by atomic mass is 9.93. The molecule has 0 aliphatic carbocycles. The molecule has 1 aromatic carbocycles. The number of hydrogen-bond acceptors (Lipinski definition) is 2. The maximum Gasteiger partial charge on any atom is 0.401 e. The average Bonchev–Trinajstić information content (AvgIpc) is 2.46. The number of nitrogens with one attached hydrogen (secondary N) is 1. The predicted molar refractivity (Wildman–Crippen MR) is 111 cm³/mol. The molecule has 26 heavy (non-hydrogen) atoms. The molecule has 1 fully saturated rings. The van der Waals surface area contributed by atoms with Crippen molar-refractivity contribution < 1.29 is 13.2 Å². The maximum atomic E-state index is 12.4. The Morgan fingerprint density at radius 2 is 1.77 bits per heavy atom. The third kappa shape index (κ3) is 8.57. The summed E-state index contributed by atoms with van der Waals surface area (Å²) in [5.74, 6) is 0.793. The van der Waals surface area contributed by atoms with E-state index in [1.54, 1.807) is 0 Å². The van der Waals surface area contributed by atoms with Gasteiger partial charge in [-0.1, -0.05) is 6.07 Å². The van der Waals surface area contributed by atoms with E-state index in [0.717, 1.165) is 36.1 Å². The Balaban J connectivity index is 0.00000338. The first-order valence-electron chi connectivity index (χ1n) is 8.65. The number of aryl methyl sites for hydroxylation is 2. The zero-order chi connectivity index (χ0) is 18.4. The van der Waals surface area contributed by atoms with Gasteiger partial charge in [-0.3, -0.25) is 9.89 Å². The fraction of sp³-hybridized carbons (Fsp3) is 0.611. The minimum atomic E-state index is -4.11. The van der Waals surface area contributed by atoms with Gasteiger partial charge in [0.2, 0.25) is 0 Å². The van der Waals surface area contributed by atoms with Gasteiger partial charge in [-0.15, -0.1) is 24.0 Å². The lowest BCUT2D eigenvalue weighted by Crippen LogP contribution is -2.40. The molecule has 148 valence electrons.